The maximum atomic E-state index is 12.3. The first-order chi connectivity index (χ1) is 10.7. The quantitative estimate of drug-likeness (QED) is 0.507. The van der Waals surface area contributed by atoms with E-state index in [4.69, 9.17) is 9.47 Å². The highest BCUT2D eigenvalue weighted by molar-refractivity contribution is 5.87. The molecule has 0 saturated carbocycles. The van der Waals surface area contributed by atoms with Gasteiger partial charge in [0, 0.05) is 19.6 Å². The zero-order valence-corrected chi connectivity index (χ0v) is 12.4. The minimum absolute atomic E-state index is 0.216. The van der Waals surface area contributed by atoms with Gasteiger partial charge in [-0.3, -0.25) is 14.5 Å². The highest BCUT2D eigenvalue weighted by atomic mass is 16.5. The molecule has 0 aromatic carbocycles. The van der Waals surface area contributed by atoms with E-state index in [0.717, 1.165) is 39.3 Å². The zero-order valence-electron chi connectivity index (χ0n) is 12.4. The van der Waals surface area contributed by atoms with Crippen molar-refractivity contribution >= 4 is 11.9 Å². The summed E-state index contributed by atoms with van der Waals surface area (Å²) in [4.78, 5) is 25.9. The minimum Gasteiger partial charge on any atom is -0.481 e. The van der Waals surface area contributed by atoms with Crippen LogP contribution in [0.1, 0.15) is 6.42 Å². The van der Waals surface area contributed by atoms with E-state index in [0.29, 0.717) is 6.54 Å². The summed E-state index contributed by atoms with van der Waals surface area (Å²) in [6, 6.07) is 0. The Morgan fingerprint density at radius 1 is 1.18 bits per heavy atom. The maximum Gasteiger partial charge on any atom is 0.310 e. The van der Waals surface area contributed by atoms with Crippen LogP contribution < -0.4 is 5.32 Å². The van der Waals surface area contributed by atoms with Crippen molar-refractivity contribution < 1.29 is 24.2 Å². The van der Waals surface area contributed by atoms with Crippen LogP contribution in [0, 0.1) is 11.8 Å². The van der Waals surface area contributed by atoms with Crippen molar-refractivity contribution in [3.63, 3.8) is 0 Å². The summed E-state index contributed by atoms with van der Waals surface area (Å²) < 4.78 is 10.8. The van der Waals surface area contributed by atoms with E-state index in [9.17, 15) is 14.7 Å². The standard InChI is InChI=1S/C15H22N2O5/c18-14(16-4-1-5-17-6-8-21-9-7-17)12-10-2-3-11(22-10)13(12)15(19)20/h2-3,10-13H,1,4-9H2,(H,16,18)(H,19,20). The highest BCUT2D eigenvalue weighted by Crippen LogP contribution is 2.39. The molecule has 2 fully saturated rings. The van der Waals surface area contributed by atoms with Gasteiger partial charge in [-0.25, -0.2) is 0 Å². The maximum absolute atomic E-state index is 12.3. The van der Waals surface area contributed by atoms with E-state index in [1.807, 2.05) is 0 Å². The summed E-state index contributed by atoms with van der Waals surface area (Å²) in [5.74, 6) is -2.57. The van der Waals surface area contributed by atoms with Gasteiger partial charge in [-0.05, 0) is 13.0 Å². The average Bonchev–Trinajstić information content (AvgIpc) is 3.13. The molecular formula is C15H22N2O5. The van der Waals surface area contributed by atoms with Gasteiger partial charge in [-0.15, -0.1) is 0 Å². The second kappa shape index (κ2) is 6.76. The molecule has 22 heavy (non-hydrogen) atoms. The van der Waals surface area contributed by atoms with E-state index in [1.54, 1.807) is 12.2 Å². The number of hydrogen-bond acceptors (Lipinski definition) is 5. The first-order valence-corrected chi connectivity index (χ1v) is 7.81. The molecule has 7 heteroatoms. The summed E-state index contributed by atoms with van der Waals surface area (Å²) in [6.07, 6.45) is 3.52. The van der Waals surface area contributed by atoms with Gasteiger partial charge >= 0.3 is 5.97 Å². The fraction of sp³-hybridized carbons (Fsp3) is 0.733. The molecule has 3 aliphatic rings. The Balaban J connectivity index is 1.43. The van der Waals surface area contributed by atoms with Crippen LogP contribution in [0.15, 0.2) is 12.2 Å². The Bertz CT molecular complexity index is 461. The van der Waals surface area contributed by atoms with Gasteiger partial charge in [0.05, 0.1) is 31.3 Å². The lowest BCUT2D eigenvalue weighted by Crippen LogP contribution is -2.43. The monoisotopic (exact) mass is 310 g/mol. The molecule has 2 saturated heterocycles. The average molecular weight is 310 g/mol. The third kappa shape index (κ3) is 3.16. The molecule has 3 aliphatic heterocycles. The second-order valence-electron chi connectivity index (χ2n) is 5.94. The number of rotatable bonds is 6. The molecule has 2 bridgehead atoms. The Hall–Kier alpha value is -1.44. The molecule has 2 N–H and O–H groups in total. The van der Waals surface area contributed by atoms with Crippen LogP contribution >= 0.6 is 0 Å². The lowest BCUT2D eigenvalue weighted by Gasteiger charge is -2.26. The van der Waals surface area contributed by atoms with Gasteiger partial charge in [-0.1, -0.05) is 12.2 Å². The zero-order chi connectivity index (χ0) is 15.5. The van der Waals surface area contributed by atoms with Crippen LogP contribution in [0.3, 0.4) is 0 Å². The van der Waals surface area contributed by atoms with Crippen molar-refractivity contribution in [1.29, 1.82) is 0 Å². The van der Waals surface area contributed by atoms with Crippen molar-refractivity contribution in [3.05, 3.63) is 12.2 Å². The molecule has 122 valence electrons. The number of fused-ring (bicyclic) bond motifs is 2. The van der Waals surface area contributed by atoms with Crippen molar-refractivity contribution in [2.75, 3.05) is 39.4 Å². The minimum atomic E-state index is -0.967. The lowest BCUT2D eigenvalue weighted by atomic mass is 9.82. The molecule has 0 radical (unpaired) electrons. The predicted molar refractivity (Wildman–Crippen MR) is 77.3 cm³/mol. The predicted octanol–water partition coefficient (Wildman–Crippen LogP) is -0.521. The normalized spacial score (nSPS) is 34.0. The van der Waals surface area contributed by atoms with E-state index in [1.165, 1.54) is 0 Å². The summed E-state index contributed by atoms with van der Waals surface area (Å²) in [6.45, 7) is 4.86. The molecule has 0 aromatic heterocycles. The van der Waals surface area contributed by atoms with Gasteiger partial charge < -0.3 is 19.9 Å². The summed E-state index contributed by atoms with van der Waals surface area (Å²) in [5, 5.41) is 12.1. The van der Waals surface area contributed by atoms with Gasteiger partial charge in [0.2, 0.25) is 5.91 Å². The molecule has 1 amide bonds. The number of nitrogens with zero attached hydrogens (tertiary/aromatic N) is 1. The lowest BCUT2D eigenvalue weighted by molar-refractivity contribution is -0.146. The fourth-order valence-corrected chi connectivity index (χ4v) is 3.37. The number of ether oxygens (including phenoxy) is 2. The molecule has 0 aliphatic carbocycles. The Morgan fingerprint density at radius 3 is 2.55 bits per heavy atom. The third-order valence-corrected chi connectivity index (χ3v) is 4.54. The van der Waals surface area contributed by atoms with E-state index in [2.05, 4.69) is 10.2 Å². The number of carboxylic acids is 1. The SMILES string of the molecule is O=C(O)C1C2C=CC(O2)C1C(=O)NCCCN1CCOCC1. The molecule has 4 atom stereocenters. The van der Waals surface area contributed by atoms with Crippen LogP contribution in [-0.4, -0.2) is 73.5 Å². The van der Waals surface area contributed by atoms with Crippen molar-refractivity contribution in [1.82, 2.24) is 10.2 Å². The van der Waals surface area contributed by atoms with Gasteiger partial charge in [-0.2, -0.15) is 0 Å². The molecular weight excluding hydrogens is 288 g/mol. The summed E-state index contributed by atoms with van der Waals surface area (Å²) >= 11 is 0. The van der Waals surface area contributed by atoms with Crippen molar-refractivity contribution in [2.45, 2.75) is 18.6 Å². The number of aliphatic carboxylic acids is 1. The largest absolute Gasteiger partial charge is 0.481 e. The molecule has 0 spiro atoms. The number of amides is 1. The van der Waals surface area contributed by atoms with Crippen LogP contribution in [0.5, 0.6) is 0 Å². The van der Waals surface area contributed by atoms with Gasteiger partial charge in [0.25, 0.3) is 0 Å². The topological polar surface area (TPSA) is 88.1 Å². The van der Waals surface area contributed by atoms with Gasteiger partial charge in [0.15, 0.2) is 0 Å². The Morgan fingerprint density at radius 2 is 1.86 bits per heavy atom. The molecule has 4 unspecified atom stereocenters. The number of nitrogens with one attached hydrogen (secondary N) is 1. The van der Waals surface area contributed by atoms with E-state index in [-0.39, 0.29) is 5.91 Å². The second-order valence-corrected chi connectivity index (χ2v) is 5.94. The molecule has 0 aromatic rings. The number of carboxylic acid groups (broad SMARTS) is 1. The number of hydrogen-bond donors (Lipinski definition) is 2. The summed E-state index contributed by atoms with van der Waals surface area (Å²) in [7, 11) is 0. The summed E-state index contributed by atoms with van der Waals surface area (Å²) in [5.41, 5.74) is 0. The highest BCUT2D eigenvalue weighted by Gasteiger charge is 2.53. The van der Waals surface area contributed by atoms with E-state index < -0.39 is 30.0 Å². The number of carbonyl (C=O) groups is 2. The number of carbonyl (C=O) groups excluding carboxylic acids is 1. The van der Waals surface area contributed by atoms with Crippen molar-refractivity contribution in [2.24, 2.45) is 11.8 Å². The van der Waals surface area contributed by atoms with Crippen molar-refractivity contribution in [3.8, 4) is 0 Å². The molecule has 7 nitrogen and oxygen atoms in total. The first kappa shape index (κ1) is 15.5. The molecule has 3 heterocycles. The van der Waals surface area contributed by atoms with Crippen LogP contribution in [0.4, 0.5) is 0 Å². The van der Waals surface area contributed by atoms with Gasteiger partial charge in [0.1, 0.15) is 5.92 Å². The smallest absolute Gasteiger partial charge is 0.310 e. The first-order valence-electron chi connectivity index (χ1n) is 7.81. The Labute approximate surface area is 129 Å². The number of morpholine rings is 1. The fourth-order valence-electron chi connectivity index (χ4n) is 3.37. The Kier molecular flexibility index (Phi) is 4.75. The van der Waals surface area contributed by atoms with Crippen LogP contribution in [0.2, 0.25) is 0 Å². The molecule has 3 rings (SSSR count). The van der Waals surface area contributed by atoms with Crippen LogP contribution in [-0.2, 0) is 19.1 Å². The van der Waals surface area contributed by atoms with E-state index >= 15 is 0 Å². The third-order valence-electron chi connectivity index (χ3n) is 4.54. The van der Waals surface area contributed by atoms with Crippen LogP contribution in [0.25, 0.3) is 0 Å².